The van der Waals surface area contributed by atoms with Gasteiger partial charge in [0.1, 0.15) is 0 Å². The molecular weight excluding hydrogens is 415 g/mol. The molecule has 2 aliphatic heterocycles. The highest BCUT2D eigenvalue weighted by molar-refractivity contribution is 14.0. The molecule has 1 unspecified atom stereocenters. The molecule has 3 heterocycles. The Morgan fingerprint density at radius 2 is 2.00 bits per heavy atom. The number of aromatic nitrogens is 2. The Kier molecular flexibility index (Phi) is 7.06. The van der Waals surface area contributed by atoms with Gasteiger partial charge >= 0.3 is 0 Å². The van der Waals surface area contributed by atoms with Crippen LogP contribution in [0.25, 0.3) is 0 Å². The minimum atomic E-state index is 0. The third-order valence-corrected chi connectivity index (χ3v) is 4.67. The summed E-state index contributed by atoms with van der Waals surface area (Å²) in [7, 11) is 0. The zero-order valence-electron chi connectivity index (χ0n) is 14.7. The largest absolute Gasteiger partial charge is 0.370 e. The minimum Gasteiger partial charge on any atom is -0.370 e. The normalized spacial score (nSPS) is 21.8. The molecule has 3 rings (SSSR count). The highest BCUT2D eigenvalue weighted by Crippen LogP contribution is 2.18. The molecule has 1 atom stereocenters. The molecule has 2 N–H and O–H groups in total. The Morgan fingerprint density at radius 3 is 2.71 bits per heavy atom. The van der Waals surface area contributed by atoms with E-state index in [4.69, 9.17) is 5.73 Å². The first-order valence-electron chi connectivity index (χ1n) is 8.76. The molecular formula is C17H29IN6. The Hall–Kier alpha value is -1.12. The van der Waals surface area contributed by atoms with Gasteiger partial charge in [-0.05, 0) is 44.6 Å². The number of hydrogen-bond acceptors (Lipinski definition) is 4. The average molecular weight is 444 g/mol. The number of nitrogens with two attached hydrogens (primary N) is 1. The van der Waals surface area contributed by atoms with Crippen molar-refractivity contribution in [3.8, 4) is 0 Å². The summed E-state index contributed by atoms with van der Waals surface area (Å²) < 4.78 is 0. The molecule has 0 spiro atoms. The molecule has 2 aliphatic rings. The van der Waals surface area contributed by atoms with Crippen LogP contribution < -0.4 is 10.6 Å². The third kappa shape index (κ3) is 4.94. The van der Waals surface area contributed by atoms with Gasteiger partial charge in [0, 0.05) is 31.9 Å². The van der Waals surface area contributed by atoms with E-state index < -0.39 is 0 Å². The summed E-state index contributed by atoms with van der Waals surface area (Å²) >= 11 is 0. The van der Waals surface area contributed by atoms with Crippen molar-refractivity contribution < 1.29 is 0 Å². The monoisotopic (exact) mass is 444 g/mol. The van der Waals surface area contributed by atoms with Gasteiger partial charge in [-0.15, -0.1) is 24.0 Å². The first-order valence-corrected chi connectivity index (χ1v) is 8.76. The van der Waals surface area contributed by atoms with Crippen molar-refractivity contribution in [2.45, 2.75) is 46.1 Å². The van der Waals surface area contributed by atoms with E-state index >= 15 is 0 Å². The summed E-state index contributed by atoms with van der Waals surface area (Å²) in [5.74, 6) is 2.19. The predicted molar refractivity (Wildman–Crippen MR) is 109 cm³/mol. The number of hydrogen-bond donors (Lipinski definition) is 1. The maximum Gasteiger partial charge on any atom is 0.225 e. The first kappa shape index (κ1) is 19.2. The molecule has 0 radical (unpaired) electrons. The maximum atomic E-state index is 6.18. The number of halogens is 1. The fourth-order valence-electron chi connectivity index (χ4n) is 3.42. The van der Waals surface area contributed by atoms with Crippen molar-refractivity contribution >= 4 is 35.9 Å². The van der Waals surface area contributed by atoms with Gasteiger partial charge in [-0.1, -0.05) is 6.92 Å². The van der Waals surface area contributed by atoms with Gasteiger partial charge in [0.2, 0.25) is 5.95 Å². The van der Waals surface area contributed by atoms with Crippen LogP contribution in [0.15, 0.2) is 11.1 Å². The Labute approximate surface area is 162 Å². The van der Waals surface area contributed by atoms with Gasteiger partial charge in [0.05, 0.1) is 12.2 Å². The van der Waals surface area contributed by atoms with Gasteiger partial charge < -0.3 is 15.5 Å². The van der Waals surface area contributed by atoms with Crippen molar-refractivity contribution in [1.29, 1.82) is 0 Å². The Balaban J connectivity index is 0.00000208. The number of nitrogens with zero attached hydrogens (tertiary/aromatic N) is 5. The summed E-state index contributed by atoms with van der Waals surface area (Å²) in [4.78, 5) is 18.3. The lowest BCUT2D eigenvalue weighted by atomic mass is 10.0. The number of aryl methyl sites for hydroxylation is 1. The van der Waals surface area contributed by atoms with Crippen LogP contribution in [0, 0.1) is 12.8 Å². The van der Waals surface area contributed by atoms with E-state index in [0.717, 1.165) is 43.5 Å². The Bertz CT molecular complexity index is 570. The molecule has 2 saturated heterocycles. The zero-order chi connectivity index (χ0) is 16.2. The minimum absolute atomic E-state index is 0. The number of piperidine rings is 1. The van der Waals surface area contributed by atoms with E-state index in [9.17, 15) is 0 Å². The number of guanidine groups is 1. The lowest BCUT2D eigenvalue weighted by Gasteiger charge is -2.31. The van der Waals surface area contributed by atoms with Gasteiger partial charge in [-0.2, -0.15) is 0 Å². The number of likely N-dealkylation sites (tertiary alicyclic amines) is 1. The fraction of sp³-hybridized carbons (Fsp3) is 0.706. The molecule has 0 aliphatic carbocycles. The molecule has 1 aromatic heterocycles. The third-order valence-electron chi connectivity index (χ3n) is 4.67. The summed E-state index contributed by atoms with van der Waals surface area (Å²) in [6.07, 6.45) is 4.94. The molecule has 134 valence electrons. The van der Waals surface area contributed by atoms with Gasteiger partial charge in [-0.25, -0.2) is 15.0 Å². The summed E-state index contributed by atoms with van der Waals surface area (Å²) in [6.45, 7) is 8.96. The van der Waals surface area contributed by atoms with Gasteiger partial charge in [0.15, 0.2) is 5.96 Å². The Morgan fingerprint density at radius 1 is 1.25 bits per heavy atom. The summed E-state index contributed by atoms with van der Waals surface area (Å²) in [5, 5.41) is 0. The number of anilines is 1. The molecule has 0 bridgehead atoms. The predicted octanol–water partition coefficient (Wildman–Crippen LogP) is 2.55. The highest BCUT2D eigenvalue weighted by Gasteiger charge is 2.18. The molecule has 0 aromatic carbocycles. The molecule has 7 heteroatoms. The van der Waals surface area contributed by atoms with Crippen LogP contribution in [-0.4, -0.2) is 47.0 Å². The number of aliphatic imine (C=N–C) groups is 1. The summed E-state index contributed by atoms with van der Waals surface area (Å²) in [5.41, 5.74) is 8.13. The second-order valence-corrected chi connectivity index (χ2v) is 6.86. The smallest absolute Gasteiger partial charge is 0.225 e. The van der Waals surface area contributed by atoms with Crippen LogP contribution >= 0.6 is 24.0 Å². The quantitative estimate of drug-likeness (QED) is 0.441. The molecule has 0 amide bonds. The van der Waals surface area contributed by atoms with Crippen LogP contribution in [0.2, 0.25) is 0 Å². The van der Waals surface area contributed by atoms with E-state index in [1.807, 2.05) is 13.0 Å². The second kappa shape index (κ2) is 8.82. The van der Waals surface area contributed by atoms with Crippen LogP contribution in [0.3, 0.4) is 0 Å². The van der Waals surface area contributed by atoms with Crippen molar-refractivity contribution in [1.82, 2.24) is 14.9 Å². The van der Waals surface area contributed by atoms with E-state index in [1.54, 1.807) is 0 Å². The van der Waals surface area contributed by atoms with Crippen LogP contribution in [0.1, 0.15) is 44.0 Å². The zero-order valence-corrected chi connectivity index (χ0v) is 17.1. The second-order valence-electron chi connectivity index (χ2n) is 6.86. The van der Waals surface area contributed by atoms with Crippen molar-refractivity contribution in [2.75, 3.05) is 31.1 Å². The van der Waals surface area contributed by atoms with Crippen molar-refractivity contribution in [3.05, 3.63) is 17.5 Å². The van der Waals surface area contributed by atoms with Gasteiger partial charge in [0.25, 0.3) is 0 Å². The fourth-order valence-corrected chi connectivity index (χ4v) is 3.42. The highest BCUT2D eigenvalue weighted by atomic mass is 127. The van der Waals surface area contributed by atoms with E-state index in [1.165, 1.54) is 25.7 Å². The van der Waals surface area contributed by atoms with E-state index in [0.29, 0.717) is 18.4 Å². The van der Waals surface area contributed by atoms with Crippen molar-refractivity contribution in [2.24, 2.45) is 16.6 Å². The molecule has 24 heavy (non-hydrogen) atoms. The lowest BCUT2D eigenvalue weighted by molar-refractivity contribution is 0.270. The number of rotatable bonds is 3. The van der Waals surface area contributed by atoms with E-state index in [-0.39, 0.29) is 24.0 Å². The molecule has 6 nitrogen and oxygen atoms in total. The maximum absolute atomic E-state index is 6.18. The van der Waals surface area contributed by atoms with Crippen LogP contribution in [-0.2, 0) is 6.54 Å². The van der Waals surface area contributed by atoms with Gasteiger partial charge in [-0.3, -0.25) is 0 Å². The standard InChI is InChI=1S/C17H28N6.HI/c1-13-6-5-9-23(12-13)16(18)19-11-15-10-14(2)20-17(21-15)22-7-3-4-8-22;/h10,13H,3-9,11-12H2,1-2H3,(H2,18,19);1H. The van der Waals surface area contributed by atoms with Crippen LogP contribution in [0.5, 0.6) is 0 Å². The average Bonchev–Trinajstić information content (AvgIpc) is 3.06. The summed E-state index contributed by atoms with van der Waals surface area (Å²) in [6, 6.07) is 2.01. The molecule has 0 saturated carbocycles. The van der Waals surface area contributed by atoms with E-state index in [2.05, 4.69) is 31.7 Å². The first-order chi connectivity index (χ1) is 11.1. The molecule has 1 aromatic rings. The lowest BCUT2D eigenvalue weighted by Crippen LogP contribution is -2.43. The SMILES string of the molecule is Cc1cc(CN=C(N)N2CCCC(C)C2)nc(N2CCCC2)n1.I. The van der Waals surface area contributed by atoms with Crippen molar-refractivity contribution in [3.63, 3.8) is 0 Å². The van der Waals surface area contributed by atoms with Crippen LogP contribution in [0.4, 0.5) is 5.95 Å². The molecule has 2 fully saturated rings. The topological polar surface area (TPSA) is 70.6 Å².